The van der Waals surface area contributed by atoms with Gasteiger partial charge in [0, 0.05) is 23.0 Å². The van der Waals surface area contributed by atoms with Crippen molar-refractivity contribution in [2.24, 2.45) is 0 Å². The van der Waals surface area contributed by atoms with E-state index in [1.807, 2.05) is 24.3 Å². The van der Waals surface area contributed by atoms with Gasteiger partial charge in [-0.15, -0.1) is 11.3 Å². The summed E-state index contributed by atoms with van der Waals surface area (Å²) in [6.07, 6.45) is 0.982. The summed E-state index contributed by atoms with van der Waals surface area (Å²) in [5, 5.41) is 6.37. The molecule has 4 rings (SSSR count). The predicted octanol–water partition coefficient (Wildman–Crippen LogP) is 6.12. The van der Waals surface area contributed by atoms with Gasteiger partial charge in [-0.05, 0) is 86.1 Å². The molecule has 3 aromatic rings. The minimum Gasteiger partial charge on any atom is -0.339 e. The Morgan fingerprint density at radius 1 is 1.07 bits per heavy atom. The number of hydrogen-bond acceptors (Lipinski definition) is 4. The molecule has 1 aromatic heterocycles. The first-order chi connectivity index (χ1) is 14.0. The lowest BCUT2D eigenvalue weighted by Crippen LogP contribution is -2.28. The average molecular weight is 445 g/mol. The smallest absolute Gasteiger partial charge is 0.0892 e. The molecule has 1 N–H and O–H groups in total. The third-order valence-electron chi connectivity index (χ3n) is 5.53. The molecule has 1 atom stereocenters. The van der Waals surface area contributed by atoms with E-state index in [0.717, 1.165) is 47.2 Å². The number of nitrogens with zero attached hydrogens (tertiary/aromatic N) is 1. The number of rotatable bonds is 6. The number of anilines is 2. The number of thiophene rings is 1. The van der Waals surface area contributed by atoms with Gasteiger partial charge in [-0.3, -0.25) is 0 Å². The fourth-order valence-corrected chi connectivity index (χ4v) is 6.20. The van der Waals surface area contributed by atoms with Crippen molar-refractivity contribution in [3.63, 3.8) is 0 Å². The van der Waals surface area contributed by atoms with Crippen LogP contribution in [0.25, 0.3) is 0 Å². The third-order valence-corrected chi connectivity index (χ3v) is 8.27. The van der Waals surface area contributed by atoms with Crippen LogP contribution in [-0.4, -0.2) is 17.3 Å². The van der Waals surface area contributed by atoms with Crippen LogP contribution in [0.1, 0.15) is 28.0 Å². The Bertz CT molecular complexity index is 1080. The van der Waals surface area contributed by atoms with Gasteiger partial charge in [0.15, 0.2) is 0 Å². The first-order valence-electron chi connectivity index (χ1n) is 9.80. The summed E-state index contributed by atoms with van der Waals surface area (Å²) in [7, 11) is -1.18. The van der Waals surface area contributed by atoms with Crippen molar-refractivity contribution in [1.29, 1.82) is 0 Å². The van der Waals surface area contributed by atoms with Gasteiger partial charge in [-0.25, -0.2) is 4.21 Å². The van der Waals surface area contributed by atoms with E-state index < -0.39 is 10.8 Å². The molecule has 3 nitrogen and oxygen atoms in total. The lowest BCUT2D eigenvalue weighted by atomic mass is 10.1. The maximum atomic E-state index is 13.2. The van der Waals surface area contributed by atoms with E-state index in [1.165, 1.54) is 21.6 Å². The molecule has 0 amide bonds. The van der Waals surface area contributed by atoms with Crippen LogP contribution < -0.4 is 10.2 Å². The Labute approximate surface area is 184 Å². The maximum absolute atomic E-state index is 13.2. The van der Waals surface area contributed by atoms with E-state index >= 15 is 0 Å². The van der Waals surface area contributed by atoms with Crippen LogP contribution in [-0.2, 0) is 17.3 Å². The minimum atomic E-state index is -1.18. The van der Waals surface area contributed by atoms with Crippen molar-refractivity contribution in [3.8, 4) is 0 Å². The normalized spacial score (nSPS) is 15.3. The topological polar surface area (TPSA) is 32.3 Å². The summed E-state index contributed by atoms with van der Waals surface area (Å²) in [6.45, 7) is 9.06. The third kappa shape index (κ3) is 4.02. The van der Waals surface area contributed by atoms with E-state index in [0.29, 0.717) is 5.02 Å². The first-order valence-corrected chi connectivity index (χ1v) is 12.2. The molecule has 1 unspecified atom stereocenters. The average Bonchev–Trinajstić information content (AvgIpc) is 3.11. The van der Waals surface area contributed by atoms with Gasteiger partial charge in [0.25, 0.3) is 0 Å². The van der Waals surface area contributed by atoms with Crippen LogP contribution in [0.5, 0.6) is 0 Å². The summed E-state index contributed by atoms with van der Waals surface area (Å²) in [5.41, 5.74) is 5.79. The number of nitrogens with one attached hydrogen (secondary N) is 1. The van der Waals surface area contributed by atoms with Crippen LogP contribution in [0.3, 0.4) is 0 Å². The minimum absolute atomic E-state index is 0.672. The first kappa shape index (κ1) is 20.6. The summed E-state index contributed by atoms with van der Waals surface area (Å²) in [4.78, 5) is 5.43. The molecule has 1 aliphatic heterocycles. The molecule has 0 radical (unpaired) electrons. The van der Waals surface area contributed by atoms with Gasteiger partial charge in [0.1, 0.15) is 0 Å². The van der Waals surface area contributed by atoms with Crippen molar-refractivity contribution in [2.75, 3.05) is 18.0 Å². The molecule has 2 heterocycles. The molecular weight excluding hydrogens is 420 g/mol. The number of aryl methyl sites for hydroxylation is 2. The van der Waals surface area contributed by atoms with Crippen LogP contribution in [0.2, 0.25) is 5.02 Å². The molecule has 0 spiro atoms. The van der Waals surface area contributed by atoms with E-state index in [1.54, 1.807) is 11.3 Å². The predicted molar refractivity (Wildman–Crippen MR) is 124 cm³/mol. The highest BCUT2D eigenvalue weighted by Gasteiger charge is 2.29. The van der Waals surface area contributed by atoms with Crippen molar-refractivity contribution in [3.05, 3.63) is 68.4 Å². The van der Waals surface area contributed by atoms with Crippen molar-refractivity contribution < 1.29 is 4.21 Å². The zero-order chi connectivity index (χ0) is 20.5. The lowest BCUT2D eigenvalue weighted by molar-refractivity contribution is 0.650. The van der Waals surface area contributed by atoms with Gasteiger partial charge < -0.3 is 10.2 Å². The van der Waals surface area contributed by atoms with Gasteiger partial charge in [0.2, 0.25) is 0 Å². The van der Waals surface area contributed by atoms with Crippen molar-refractivity contribution >= 4 is 45.1 Å². The molecule has 0 saturated carbocycles. The largest absolute Gasteiger partial charge is 0.339 e. The molecule has 1 aliphatic rings. The van der Waals surface area contributed by atoms with Crippen molar-refractivity contribution in [1.82, 2.24) is 5.32 Å². The highest BCUT2D eigenvalue weighted by molar-refractivity contribution is 7.85. The summed E-state index contributed by atoms with van der Waals surface area (Å²) >= 11 is 8.11. The van der Waals surface area contributed by atoms with Gasteiger partial charge in [-0.2, -0.15) is 0 Å². The van der Waals surface area contributed by atoms with E-state index in [9.17, 15) is 4.21 Å². The summed E-state index contributed by atoms with van der Waals surface area (Å²) in [6, 6.07) is 11.9. The molecule has 0 fully saturated rings. The van der Waals surface area contributed by atoms with Gasteiger partial charge in [-0.1, -0.05) is 17.7 Å². The van der Waals surface area contributed by atoms with Crippen LogP contribution >= 0.6 is 22.9 Å². The summed E-state index contributed by atoms with van der Waals surface area (Å²) < 4.78 is 13.2. The fraction of sp³-hybridized carbons (Fsp3) is 0.304. The van der Waals surface area contributed by atoms with E-state index in [4.69, 9.17) is 11.6 Å². The van der Waals surface area contributed by atoms with Gasteiger partial charge >= 0.3 is 0 Å². The molecule has 6 heteroatoms. The second kappa shape index (κ2) is 8.60. The molecule has 0 saturated heterocycles. The van der Waals surface area contributed by atoms with Crippen molar-refractivity contribution in [2.45, 2.75) is 43.5 Å². The second-order valence-corrected chi connectivity index (χ2v) is 10.3. The standard InChI is InChI=1S/C23H25ClN2OS2/c1-15-5-7-22-23(17(15)3)26(19-13-18(24)6-8-21(19)29(22)27)11-4-10-25-14-20-16(2)9-12-28-20/h5-9,12-13,25H,4,10-11,14H2,1-3H3. The monoisotopic (exact) mass is 444 g/mol. The van der Waals surface area contributed by atoms with Crippen LogP contribution in [0.15, 0.2) is 51.6 Å². The highest BCUT2D eigenvalue weighted by Crippen LogP contribution is 2.45. The number of fused-ring (bicyclic) bond motifs is 2. The summed E-state index contributed by atoms with van der Waals surface area (Å²) in [5.74, 6) is 0. The van der Waals surface area contributed by atoms with Gasteiger partial charge in [0.05, 0.1) is 32.0 Å². The number of benzene rings is 2. The van der Waals surface area contributed by atoms with Crippen LogP contribution in [0.4, 0.5) is 11.4 Å². The SMILES string of the molecule is Cc1ccsc1CNCCCN1c2cc(Cl)ccc2S(=O)c2ccc(C)c(C)c21. The van der Waals surface area contributed by atoms with E-state index in [-0.39, 0.29) is 0 Å². The van der Waals surface area contributed by atoms with E-state index in [2.05, 4.69) is 48.5 Å². The zero-order valence-corrected chi connectivity index (χ0v) is 19.3. The molecule has 2 aromatic carbocycles. The van der Waals surface area contributed by atoms with Crippen LogP contribution in [0, 0.1) is 20.8 Å². The Morgan fingerprint density at radius 2 is 1.86 bits per heavy atom. The molecular formula is C23H25ClN2OS2. The second-order valence-electron chi connectivity index (χ2n) is 7.44. The molecule has 29 heavy (non-hydrogen) atoms. The Morgan fingerprint density at radius 3 is 2.62 bits per heavy atom. The molecule has 0 bridgehead atoms. The Hall–Kier alpha value is -1.66. The highest BCUT2D eigenvalue weighted by atomic mass is 35.5. The molecule has 0 aliphatic carbocycles. The lowest BCUT2D eigenvalue weighted by Gasteiger charge is -2.34. The number of hydrogen-bond donors (Lipinski definition) is 1. The molecule has 152 valence electrons. The zero-order valence-electron chi connectivity index (χ0n) is 16.9. The Balaban J connectivity index is 1.56. The fourth-order valence-electron chi connectivity index (χ4n) is 3.74. The quantitative estimate of drug-likeness (QED) is 0.464. The Kier molecular flexibility index (Phi) is 6.11. The maximum Gasteiger partial charge on any atom is 0.0892 e. The number of halogens is 1.